The second kappa shape index (κ2) is 4.28. The molecule has 4 nitrogen and oxygen atoms in total. The van der Waals surface area contributed by atoms with Gasteiger partial charge in [-0.2, -0.15) is 0 Å². The number of aliphatic hydroxyl groups excluding tert-OH is 1. The number of hydrogen-bond acceptors (Lipinski definition) is 3. The summed E-state index contributed by atoms with van der Waals surface area (Å²) in [6.45, 7) is 8.38. The molecule has 14 heavy (non-hydrogen) atoms. The van der Waals surface area contributed by atoms with Crippen molar-refractivity contribution < 1.29 is 9.90 Å². The van der Waals surface area contributed by atoms with Crippen LogP contribution in [0.5, 0.6) is 0 Å². The van der Waals surface area contributed by atoms with Gasteiger partial charge in [0.25, 0.3) is 0 Å². The van der Waals surface area contributed by atoms with Crippen LogP contribution in [0.3, 0.4) is 0 Å². The maximum Gasteiger partial charge on any atom is 0.238 e. The van der Waals surface area contributed by atoms with Crippen LogP contribution in [0.15, 0.2) is 0 Å². The fourth-order valence-electron chi connectivity index (χ4n) is 1.72. The fraction of sp³-hybridized carbons (Fsp3) is 0.900. The summed E-state index contributed by atoms with van der Waals surface area (Å²) < 4.78 is 0. The van der Waals surface area contributed by atoms with Crippen LogP contribution in [0, 0.1) is 5.41 Å². The van der Waals surface area contributed by atoms with E-state index in [2.05, 4.69) is 0 Å². The van der Waals surface area contributed by atoms with Crippen molar-refractivity contribution in [2.24, 2.45) is 5.41 Å². The predicted octanol–water partition coefficient (Wildman–Crippen LogP) is 0.474. The molecule has 0 aromatic rings. The first-order valence-corrected chi connectivity index (χ1v) is 5.16. The van der Waals surface area contributed by atoms with Gasteiger partial charge in [-0.25, -0.2) is 5.01 Å². The minimum Gasteiger partial charge on any atom is -0.396 e. The van der Waals surface area contributed by atoms with Gasteiger partial charge in [-0.15, -0.1) is 0 Å². The average Bonchev–Trinajstić information content (AvgIpc) is 2.46. The number of amides is 1. The van der Waals surface area contributed by atoms with Crippen molar-refractivity contribution in [3.63, 3.8) is 0 Å². The number of hydrogen-bond donors (Lipinski definition) is 1. The van der Waals surface area contributed by atoms with E-state index in [1.165, 1.54) is 0 Å². The quantitative estimate of drug-likeness (QED) is 0.717. The van der Waals surface area contributed by atoms with Crippen molar-refractivity contribution in [2.75, 3.05) is 26.2 Å². The van der Waals surface area contributed by atoms with Crippen molar-refractivity contribution in [1.82, 2.24) is 10.0 Å². The topological polar surface area (TPSA) is 43.8 Å². The lowest BCUT2D eigenvalue weighted by Crippen LogP contribution is -2.44. The summed E-state index contributed by atoms with van der Waals surface area (Å²) in [4.78, 5) is 11.4. The van der Waals surface area contributed by atoms with Gasteiger partial charge in [0.2, 0.25) is 5.91 Å². The summed E-state index contributed by atoms with van der Waals surface area (Å²) in [5, 5.41) is 13.0. The van der Waals surface area contributed by atoms with Crippen LogP contribution in [0.2, 0.25) is 0 Å². The third kappa shape index (κ3) is 2.45. The lowest BCUT2D eigenvalue weighted by Gasteiger charge is -2.33. The standard InChI is InChI=1S/C10H20N2O2/c1-4-12-9(14)5-6-11(12)7-10(2,3)8-13/h13H,4-8H2,1-3H3. The Morgan fingerprint density at radius 1 is 1.50 bits per heavy atom. The molecule has 1 aliphatic rings. The number of carbonyl (C=O) groups excluding carboxylic acids is 1. The number of hydrazine groups is 1. The SMILES string of the molecule is CCN1C(=O)CCN1CC(C)(C)CO. The number of carbonyl (C=O) groups is 1. The minimum atomic E-state index is -0.141. The molecule has 0 saturated carbocycles. The third-order valence-electron chi connectivity index (χ3n) is 2.55. The zero-order valence-corrected chi connectivity index (χ0v) is 9.29. The highest BCUT2D eigenvalue weighted by atomic mass is 16.3. The van der Waals surface area contributed by atoms with Gasteiger partial charge in [-0.3, -0.25) is 9.80 Å². The molecule has 0 radical (unpaired) electrons. The molecular weight excluding hydrogens is 180 g/mol. The molecule has 0 aliphatic carbocycles. The number of aliphatic hydroxyl groups is 1. The molecule has 1 amide bonds. The van der Waals surface area contributed by atoms with E-state index in [-0.39, 0.29) is 17.9 Å². The summed E-state index contributed by atoms with van der Waals surface area (Å²) in [5.74, 6) is 0.196. The van der Waals surface area contributed by atoms with Crippen molar-refractivity contribution in [3.8, 4) is 0 Å². The monoisotopic (exact) mass is 200 g/mol. The van der Waals surface area contributed by atoms with Gasteiger partial charge in [0, 0.05) is 38.1 Å². The first-order chi connectivity index (χ1) is 6.50. The maximum absolute atomic E-state index is 11.4. The van der Waals surface area contributed by atoms with E-state index in [4.69, 9.17) is 5.11 Å². The van der Waals surface area contributed by atoms with Gasteiger partial charge < -0.3 is 5.11 Å². The highest BCUT2D eigenvalue weighted by molar-refractivity contribution is 5.77. The van der Waals surface area contributed by atoms with Crippen LogP contribution in [0.4, 0.5) is 0 Å². The number of nitrogens with zero attached hydrogens (tertiary/aromatic N) is 2. The maximum atomic E-state index is 11.4. The summed E-state index contributed by atoms with van der Waals surface area (Å²) in [5.41, 5.74) is -0.141. The van der Waals surface area contributed by atoms with Crippen LogP contribution in [-0.4, -0.2) is 47.3 Å². The van der Waals surface area contributed by atoms with Crippen LogP contribution in [-0.2, 0) is 4.79 Å². The third-order valence-corrected chi connectivity index (χ3v) is 2.55. The van der Waals surface area contributed by atoms with E-state index in [9.17, 15) is 4.79 Å². The normalized spacial score (nSPS) is 19.4. The van der Waals surface area contributed by atoms with Gasteiger partial charge >= 0.3 is 0 Å². The molecule has 1 aliphatic heterocycles. The molecule has 4 heteroatoms. The second-order valence-electron chi connectivity index (χ2n) is 4.57. The highest BCUT2D eigenvalue weighted by Crippen LogP contribution is 2.20. The summed E-state index contributed by atoms with van der Waals surface area (Å²) in [6, 6.07) is 0. The second-order valence-corrected chi connectivity index (χ2v) is 4.57. The smallest absolute Gasteiger partial charge is 0.238 e. The Labute approximate surface area is 85.5 Å². The Balaban J connectivity index is 2.57. The van der Waals surface area contributed by atoms with Crippen LogP contribution in [0.1, 0.15) is 27.2 Å². The van der Waals surface area contributed by atoms with Crippen molar-refractivity contribution in [1.29, 1.82) is 0 Å². The van der Waals surface area contributed by atoms with Crippen LogP contribution in [0.25, 0.3) is 0 Å². The lowest BCUT2D eigenvalue weighted by molar-refractivity contribution is -0.139. The first-order valence-electron chi connectivity index (χ1n) is 5.16. The largest absolute Gasteiger partial charge is 0.396 e. The molecule has 0 atom stereocenters. The molecule has 1 rings (SSSR count). The molecular formula is C10H20N2O2. The van der Waals surface area contributed by atoms with E-state index in [1.807, 2.05) is 25.8 Å². The van der Waals surface area contributed by atoms with Gasteiger partial charge in [0.15, 0.2) is 0 Å². The highest BCUT2D eigenvalue weighted by Gasteiger charge is 2.31. The summed E-state index contributed by atoms with van der Waals surface area (Å²) >= 11 is 0. The average molecular weight is 200 g/mol. The van der Waals surface area contributed by atoms with Gasteiger partial charge in [0.05, 0.1) is 0 Å². The lowest BCUT2D eigenvalue weighted by atomic mass is 9.95. The summed E-state index contributed by atoms with van der Waals surface area (Å²) in [6.07, 6.45) is 0.606. The molecule has 82 valence electrons. The van der Waals surface area contributed by atoms with Gasteiger partial charge in [-0.05, 0) is 6.92 Å². The Morgan fingerprint density at radius 2 is 2.14 bits per heavy atom. The minimum absolute atomic E-state index is 0.141. The molecule has 1 fully saturated rings. The van der Waals surface area contributed by atoms with Crippen molar-refractivity contribution >= 4 is 5.91 Å². The van der Waals surface area contributed by atoms with Crippen LogP contribution < -0.4 is 0 Å². The predicted molar refractivity (Wildman–Crippen MR) is 54.4 cm³/mol. The van der Waals surface area contributed by atoms with E-state index >= 15 is 0 Å². The van der Waals surface area contributed by atoms with E-state index in [1.54, 1.807) is 5.01 Å². The Kier molecular flexibility index (Phi) is 3.50. The Hall–Kier alpha value is -0.610. The summed E-state index contributed by atoms with van der Waals surface area (Å²) in [7, 11) is 0. The van der Waals surface area contributed by atoms with Crippen LogP contribution >= 0.6 is 0 Å². The van der Waals surface area contributed by atoms with E-state index in [0.29, 0.717) is 6.42 Å². The van der Waals surface area contributed by atoms with Crippen molar-refractivity contribution in [2.45, 2.75) is 27.2 Å². The Bertz CT molecular complexity index is 216. The molecule has 1 N–H and O–H groups in total. The first kappa shape index (κ1) is 11.5. The molecule has 0 aromatic heterocycles. The molecule has 0 aromatic carbocycles. The molecule has 1 heterocycles. The molecule has 1 saturated heterocycles. The zero-order valence-electron chi connectivity index (χ0n) is 9.29. The zero-order chi connectivity index (χ0) is 10.8. The Morgan fingerprint density at radius 3 is 2.64 bits per heavy atom. The molecule has 0 spiro atoms. The number of rotatable bonds is 4. The van der Waals surface area contributed by atoms with Gasteiger partial charge in [-0.1, -0.05) is 13.8 Å². The van der Waals surface area contributed by atoms with Crippen molar-refractivity contribution in [3.05, 3.63) is 0 Å². The molecule has 0 bridgehead atoms. The molecule has 0 unspecified atom stereocenters. The van der Waals surface area contributed by atoms with E-state index < -0.39 is 0 Å². The van der Waals surface area contributed by atoms with Gasteiger partial charge in [0.1, 0.15) is 0 Å². The fourth-order valence-corrected chi connectivity index (χ4v) is 1.72. The van der Waals surface area contributed by atoms with E-state index in [0.717, 1.165) is 19.6 Å².